The van der Waals surface area contributed by atoms with Gasteiger partial charge in [0.1, 0.15) is 0 Å². The van der Waals surface area contributed by atoms with Gasteiger partial charge in [-0.3, -0.25) is 0 Å². The molecule has 1 aliphatic rings. The highest BCUT2D eigenvalue weighted by molar-refractivity contribution is 6.58. The van der Waals surface area contributed by atoms with Crippen LogP contribution in [0.4, 0.5) is 0 Å². The smallest absolute Gasteiger partial charge is 0.324 e. The summed E-state index contributed by atoms with van der Waals surface area (Å²) in [5.41, 5.74) is 5.97. The largest absolute Gasteiger partial charge is 0.333 e. The third kappa shape index (κ3) is 2.00. The molecule has 0 spiro atoms. The summed E-state index contributed by atoms with van der Waals surface area (Å²) in [6.07, 6.45) is 0. The first kappa shape index (κ1) is 14.5. The van der Waals surface area contributed by atoms with E-state index in [1.165, 1.54) is 22.3 Å². The Morgan fingerprint density at radius 2 is 1.06 bits per heavy atom. The summed E-state index contributed by atoms with van der Waals surface area (Å²) >= 11 is 0. The van der Waals surface area contributed by atoms with Crippen molar-refractivity contribution in [3.8, 4) is 0 Å². The molecule has 0 atom stereocenters. The molecule has 0 fully saturated rings. The van der Waals surface area contributed by atoms with Crippen LogP contribution in [0.1, 0.15) is 34.6 Å². The maximum Gasteiger partial charge on any atom is 0.324 e. The third-order valence-corrected chi connectivity index (χ3v) is 4.74. The van der Waals surface area contributed by atoms with Crippen molar-refractivity contribution in [2.45, 2.75) is 39.9 Å². The van der Waals surface area contributed by atoms with Crippen molar-refractivity contribution in [2.75, 3.05) is 28.2 Å². The van der Waals surface area contributed by atoms with E-state index in [0.717, 1.165) is 0 Å². The highest BCUT2D eigenvalue weighted by Crippen LogP contribution is 2.54. The molecule has 0 N–H and O–H groups in total. The monoisotopic (exact) mass is 234 g/mol. The van der Waals surface area contributed by atoms with Crippen LogP contribution < -0.4 is 0 Å². The summed E-state index contributed by atoms with van der Waals surface area (Å²) < 4.78 is 0. The van der Waals surface area contributed by atoms with Gasteiger partial charge in [-0.15, -0.1) is 0 Å². The molecule has 1 aliphatic carbocycles. The highest BCUT2D eigenvalue weighted by Gasteiger charge is 2.48. The molecule has 0 aromatic rings. The normalized spacial score (nSPS) is 19.9. The average Bonchev–Trinajstić information content (AvgIpc) is 2.34. The second-order valence-corrected chi connectivity index (χ2v) is 6.00. The second-order valence-electron chi connectivity index (χ2n) is 6.00. The van der Waals surface area contributed by atoms with E-state index in [1.807, 2.05) is 0 Å². The topological polar surface area (TPSA) is 6.48 Å². The molecule has 0 radical (unpaired) electrons. The lowest BCUT2D eigenvalue weighted by atomic mass is 9.44. The van der Waals surface area contributed by atoms with Crippen LogP contribution in [0.2, 0.25) is 5.31 Å². The Morgan fingerprint density at radius 1 is 0.765 bits per heavy atom. The van der Waals surface area contributed by atoms with Crippen molar-refractivity contribution in [1.82, 2.24) is 9.62 Å². The Morgan fingerprint density at radius 3 is 1.29 bits per heavy atom. The molecule has 0 aliphatic heterocycles. The molecule has 96 valence electrons. The van der Waals surface area contributed by atoms with Gasteiger partial charge in [-0.1, -0.05) is 18.1 Å². The maximum atomic E-state index is 2.38. The van der Waals surface area contributed by atoms with Crippen LogP contribution in [0, 0.1) is 0 Å². The quantitative estimate of drug-likeness (QED) is 0.692. The zero-order chi connectivity index (χ0) is 13.5. The van der Waals surface area contributed by atoms with Crippen molar-refractivity contribution < 1.29 is 0 Å². The first-order chi connectivity index (χ1) is 7.65. The fraction of sp³-hybridized carbons (Fsp3) is 0.714. The van der Waals surface area contributed by atoms with Crippen molar-refractivity contribution in [3.63, 3.8) is 0 Å². The Labute approximate surface area is 107 Å². The molecule has 0 aromatic heterocycles. The summed E-state index contributed by atoms with van der Waals surface area (Å²) in [4.78, 5) is 4.64. The van der Waals surface area contributed by atoms with E-state index < -0.39 is 0 Å². The van der Waals surface area contributed by atoms with Crippen molar-refractivity contribution in [3.05, 3.63) is 22.3 Å². The van der Waals surface area contributed by atoms with Crippen LogP contribution in [-0.2, 0) is 0 Å². The summed E-state index contributed by atoms with van der Waals surface area (Å²) in [7, 11) is 8.66. The zero-order valence-electron chi connectivity index (χ0n) is 13.0. The summed E-state index contributed by atoms with van der Waals surface area (Å²) in [5.74, 6) is 0. The van der Waals surface area contributed by atoms with Crippen LogP contribution >= 0.6 is 0 Å². The number of hydrogen-bond donors (Lipinski definition) is 0. The summed E-state index contributed by atoms with van der Waals surface area (Å²) in [6.45, 7) is 11.9. The molecule has 0 amide bonds. The van der Waals surface area contributed by atoms with Crippen LogP contribution in [0.5, 0.6) is 0 Å². The van der Waals surface area contributed by atoms with Crippen LogP contribution in [0.25, 0.3) is 0 Å². The molecule has 1 rings (SSSR count). The molecule has 2 nitrogen and oxygen atoms in total. The van der Waals surface area contributed by atoms with Gasteiger partial charge in [0.25, 0.3) is 0 Å². The van der Waals surface area contributed by atoms with Gasteiger partial charge < -0.3 is 9.62 Å². The van der Waals surface area contributed by atoms with Crippen LogP contribution in [0.3, 0.4) is 0 Å². The molecule has 0 unspecified atom stereocenters. The SMILES string of the molecule is CC1=C(C)C(C)(B(N(C)C)N(C)C)C(C)=C1C. The lowest BCUT2D eigenvalue weighted by molar-refractivity contribution is 0.479. The molecular weight excluding hydrogens is 207 g/mol. The molecular formula is C14H27BN2. The van der Waals surface area contributed by atoms with Gasteiger partial charge in [0, 0.05) is 5.31 Å². The van der Waals surface area contributed by atoms with Gasteiger partial charge in [-0.05, 0) is 67.0 Å². The van der Waals surface area contributed by atoms with Crippen LogP contribution in [0.15, 0.2) is 22.3 Å². The predicted molar refractivity (Wildman–Crippen MR) is 78.2 cm³/mol. The molecule has 17 heavy (non-hydrogen) atoms. The zero-order valence-corrected chi connectivity index (χ0v) is 13.0. The van der Waals surface area contributed by atoms with Crippen molar-refractivity contribution >= 4 is 6.98 Å². The first-order valence-corrected chi connectivity index (χ1v) is 6.34. The number of allylic oxidation sites excluding steroid dienone is 4. The lowest BCUT2D eigenvalue weighted by Gasteiger charge is -2.42. The highest BCUT2D eigenvalue weighted by atomic mass is 15.2. The van der Waals surface area contributed by atoms with E-state index in [4.69, 9.17) is 0 Å². The van der Waals surface area contributed by atoms with Gasteiger partial charge in [0.15, 0.2) is 0 Å². The third-order valence-electron chi connectivity index (χ3n) is 4.74. The van der Waals surface area contributed by atoms with Gasteiger partial charge in [-0.25, -0.2) is 0 Å². The Bertz CT molecular complexity index is 346. The standard InChI is InChI=1S/C14H27BN2/c1-10-11(2)13(4)14(5,12(10)3)15(16(6)7)17(8)9/h1-9H3. The number of rotatable bonds is 3. The predicted octanol–water partition coefficient (Wildman–Crippen LogP) is 3.04. The molecule has 0 bridgehead atoms. The number of hydrogen-bond acceptors (Lipinski definition) is 2. The molecule has 3 heteroatoms. The lowest BCUT2D eigenvalue weighted by Crippen LogP contribution is -2.54. The van der Waals surface area contributed by atoms with Gasteiger partial charge >= 0.3 is 6.98 Å². The van der Waals surface area contributed by atoms with E-state index in [2.05, 4.69) is 72.4 Å². The van der Waals surface area contributed by atoms with E-state index in [1.54, 1.807) is 0 Å². The van der Waals surface area contributed by atoms with E-state index in [0.29, 0.717) is 6.98 Å². The fourth-order valence-corrected chi connectivity index (χ4v) is 3.50. The Balaban J connectivity index is 3.37. The number of nitrogens with zero attached hydrogens (tertiary/aromatic N) is 2. The van der Waals surface area contributed by atoms with Crippen molar-refractivity contribution in [1.29, 1.82) is 0 Å². The van der Waals surface area contributed by atoms with E-state index in [-0.39, 0.29) is 5.31 Å². The van der Waals surface area contributed by atoms with E-state index in [9.17, 15) is 0 Å². The van der Waals surface area contributed by atoms with Gasteiger partial charge in [-0.2, -0.15) is 0 Å². The van der Waals surface area contributed by atoms with Crippen molar-refractivity contribution in [2.24, 2.45) is 0 Å². The molecule has 0 saturated heterocycles. The maximum absolute atomic E-state index is 2.38. The molecule has 0 heterocycles. The minimum absolute atomic E-state index is 0.126. The first-order valence-electron chi connectivity index (χ1n) is 6.34. The summed E-state index contributed by atoms with van der Waals surface area (Å²) in [6, 6.07) is 0. The van der Waals surface area contributed by atoms with Gasteiger partial charge in [0.05, 0.1) is 0 Å². The van der Waals surface area contributed by atoms with Crippen LogP contribution in [-0.4, -0.2) is 44.8 Å². The van der Waals surface area contributed by atoms with E-state index >= 15 is 0 Å². The fourth-order valence-electron chi connectivity index (χ4n) is 3.50. The second kappa shape index (κ2) is 4.62. The summed E-state index contributed by atoms with van der Waals surface area (Å²) in [5, 5.41) is 0.126. The van der Waals surface area contributed by atoms with Gasteiger partial charge in [0.2, 0.25) is 0 Å². The Hall–Kier alpha value is -0.535. The minimum atomic E-state index is 0.126. The average molecular weight is 234 g/mol. The molecule has 0 aromatic carbocycles. The molecule has 0 saturated carbocycles. The minimum Gasteiger partial charge on any atom is -0.333 e. The Kier molecular flexibility index (Phi) is 3.95.